The summed E-state index contributed by atoms with van der Waals surface area (Å²) in [5, 5.41) is 4.18. The zero-order valence-electron chi connectivity index (χ0n) is 14.3. The van der Waals surface area contributed by atoms with Crippen molar-refractivity contribution in [3.8, 4) is 0 Å². The van der Waals surface area contributed by atoms with Gasteiger partial charge in [-0.3, -0.25) is 4.21 Å². The van der Waals surface area contributed by atoms with E-state index >= 15 is 0 Å². The molecule has 2 aromatic rings. The van der Waals surface area contributed by atoms with E-state index in [2.05, 4.69) is 29.1 Å². The number of aryl methyl sites for hydroxylation is 1. The number of fused-ring (bicyclic) bond motifs is 1. The van der Waals surface area contributed by atoms with Gasteiger partial charge in [0.2, 0.25) is 0 Å². The number of anilines is 1. The van der Waals surface area contributed by atoms with Crippen LogP contribution in [0.2, 0.25) is 0 Å². The summed E-state index contributed by atoms with van der Waals surface area (Å²) in [6, 6.07) is 8.20. The van der Waals surface area contributed by atoms with Crippen LogP contribution in [-0.4, -0.2) is 44.3 Å². The molecule has 1 aromatic carbocycles. The van der Waals surface area contributed by atoms with Crippen LogP contribution in [0.15, 0.2) is 30.5 Å². The quantitative estimate of drug-likeness (QED) is 0.921. The molecule has 0 unspecified atom stereocenters. The molecule has 1 fully saturated rings. The number of nitrogens with one attached hydrogen (secondary N) is 1. The maximum Gasteiger partial charge on any atom is 0.321 e. The number of amides is 2. The Hall–Kier alpha value is -1.82. The average Bonchev–Trinajstić information content (AvgIpc) is 2.98. The van der Waals surface area contributed by atoms with E-state index in [1.807, 2.05) is 25.2 Å². The Bertz CT molecular complexity index is 746. The van der Waals surface area contributed by atoms with Crippen molar-refractivity contribution in [1.29, 1.82) is 0 Å². The van der Waals surface area contributed by atoms with Gasteiger partial charge in [-0.05, 0) is 42.8 Å². The number of aromatic nitrogens is 1. The Labute approximate surface area is 145 Å². The van der Waals surface area contributed by atoms with E-state index in [1.54, 1.807) is 4.90 Å². The summed E-state index contributed by atoms with van der Waals surface area (Å²) >= 11 is 0. The first-order chi connectivity index (χ1) is 11.6. The standard InChI is InChI=1S/C18H25N3O2S/c1-3-9-21-10-6-14-4-5-15(13-17(14)21)19-18(22)20(2)16-7-11-24(23)12-8-16/h4-6,10,13,16H,3,7-9,11-12H2,1-2H3,(H,19,22). The number of carbonyl (C=O) groups excluding carboxylic acids is 1. The average molecular weight is 347 g/mol. The Morgan fingerprint density at radius 3 is 2.79 bits per heavy atom. The molecule has 0 atom stereocenters. The lowest BCUT2D eigenvalue weighted by molar-refractivity contribution is 0.199. The van der Waals surface area contributed by atoms with Gasteiger partial charge in [0, 0.05) is 53.8 Å². The molecule has 1 aromatic heterocycles. The zero-order valence-corrected chi connectivity index (χ0v) is 15.1. The topological polar surface area (TPSA) is 54.3 Å². The molecular formula is C18H25N3O2S. The van der Waals surface area contributed by atoms with E-state index in [0.717, 1.165) is 37.0 Å². The van der Waals surface area contributed by atoms with Gasteiger partial charge in [0.25, 0.3) is 0 Å². The summed E-state index contributed by atoms with van der Waals surface area (Å²) in [7, 11) is 1.12. The van der Waals surface area contributed by atoms with E-state index < -0.39 is 10.8 Å². The van der Waals surface area contributed by atoms with E-state index in [0.29, 0.717) is 11.5 Å². The largest absolute Gasteiger partial charge is 0.347 e. The number of carbonyl (C=O) groups is 1. The molecular weight excluding hydrogens is 322 g/mol. The van der Waals surface area contributed by atoms with E-state index in [9.17, 15) is 9.00 Å². The van der Waals surface area contributed by atoms with Crippen LogP contribution in [0.1, 0.15) is 26.2 Å². The van der Waals surface area contributed by atoms with E-state index in [4.69, 9.17) is 0 Å². The molecule has 0 bridgehead atoms. The third-order valence-electron chi connectivity index (χ3n) is 4.72. The molecule has 24 heavy (non-hydrogen) atoms. The first kappa shape index (κ1) is 17.0. The molecule has 1 saturated heterocycles. The third-order valence-corrected chi connectivity index (χ3v) is 6.10. The minimum Gasteiger partial charge on any atom is -0.347 e. The third kappa shape index (κ3) is 3.64. The maximum absolute atomic E-state index is 12.5. The fraction of sp³-hybridized carbons (Fsp3) is 0.500. The second kappa shape index (κ2) is 7.38. The first-order valence-electron chi connectivity index (χ1n) is 8.56. The molecule has 3 rings (SSSR count). The maximum atomic E-state index is 12.5. The van der Waals surface area contributed by atoms with Crippen LogP contribution in [0.4, 0.5) is 10.5 Å². The number of hydrogen-bond acceptors (Lipinski definition) is 2. The SMILES string of the molecule is CCCn1ccc2ccc(NC(=O)N(C)C3CCS(=O)CC3)cc21. The van der Waals surface area contributed by atoms with Crippen molar-refractivity contribution in [3.05, 3.63) is 30.5 Å². The predicted molar refractivity (Wildman–Crippen MR) is 99.9 cm³/mol. The van der Waals surface area contributed by atoms with Crippen molar-refractivity contribution in [2.45, 2.75) is 38.8 Å². The van der Waals surface area contributed by atoms with Crippen molar-refractivity contribution in [2.75, 3.05) is 23.9 Å². The highest BCUT2D eigenvalue weighted by atomic mass is 32.2. The molecule has 130 valence electrons. The van der Waals surface area contributed by atoms with Crippen LogP contribution in [-0.2, 0) is 17.3 Å². The van der Waals surface area contributed by atoms with Gasteiger partial charge in [0.15, 0.2) is 0 Å². The lowest BCUT2D eigenvalue weighted by Gasteiger charge is -2.30. The van der Waals surface area contributed by atoms with Crippen molar-refractivity contribution in [2.24, 2.45) is 0 Å². The van der Waals surface area contributed by atoms with Crippen LogP contribution >= 0.6 is 0 Å². The number of nitrogens with zero attached hydrogens (tertiary/aromatic N) is 2. The molecule has 0 saturated carbocycles. The van der Waals surface area contributed by atoms with Crippen molar-refractivity contribution in [3.63, 3.8) is 0 Å². The van der Waals surface area contributed by atoms with Gasteiger partial charge in [-0.1, -0.05) is 13.0 Å². The monoisotopic (exact) mass is 347 g/mol. The Kier molecular flexibility index (Phi) is 5.23. The van der Waals surface area contributed by atoms with Crippen molar-refractivity contribution < 1.29 is 9.00 Å². The molecule has 0 radical (unpaired) electrons. The Morgan fingerprint density at radius 1 is 1.33 bits per heavy atom. The smallest absolute Gasteiger partial charge is 0.321 e. The normalized spacial score (nSPS) is 20.9. The summed E-state index contributed by atoms with van der Waals surface area (Å²) in [6.07, 6.45) is 4.80. The zero-order chi connectivity index (χ0) is 17.1. The molecule has 0 spiro atoms. The molecule has 1 aliphatic heterocycles. The Morgan fingerprint density at radius 2 is 2.08 bits per heavy atom. The molecule has 2 amide bonds. The summed E-state index contributed by atoms with van der Waals surface area (Å²) in [6.45, 7) is 3.13. The second-order valence-corrected chi connectivity index (χ2v) is 8.10. The minimum atomic E-state index is -0.706. The molecule has 6 heteroatoms. The van der Waals surface area contributed by atoms with Crippen LogP contribution in [0.3, 0.4) is 0 Å². The van der Waals surface area contributed by atoms with Gasteiger partial charge in [-0.15, -0.1) is 0 Å². The summed E-state index contributed by atoms with van der Waals surface area (Å²) in [5.41, 5.74) is 1.96. The predicted octanol–water partition coefficient (Wildman–Crippen LogP) is 3.43. The summed E-state index contributed by atoms with van der Waals surface area (Å²) in [4.78, 5) is 14.3. The molecule has 1 aliphatic rings. The van der Waals surface area contributed by atoms with E-state index in [1.165, 1.54) is 5.39 Å². The number of hydrogen-bond donors (Lipinski definition) is 1. The van der Waals surface area contributed by atoms with E-state index in [-0.39, 0.29) is 12.1 Å². The van der Waals surface area contributed by atoms with Crippen molar-refractivity contribution in [1.82, 2.24) is 9.47 Å². The Balaban J connectivity index is 1.70. The van der Waals surface area contributed by atoms with Crippen LogP contribution < -0.4 is 5.32 Å². The highest BCUT2D eigenvalue weighted by molar-refractivity contribution is 7.85. The number of rotatable bonds is 4. The van der Waals surface area contributed by atoms with Crippen LogP contribution in [0.5, 0.6) is 0 Å². The first-order valence-corrected chi connectivity index (χ1v) is 10.0. The van der Waals surface area contributed by atoms with Gasteiger partial charge in [0.05, 0.1) is 5.52 Å². The van der Waals surface area contributed by atoms with Gasteiger partial charge in [0.1, 0.15) is 0 Å². The van der Waals surface area contributed by atoms with Crippen LogP contribution in [0, 0.1) is 0 Å². The molecule has 2 heterocycles. The van der Waals surface area contributed by atoms with Crippen molar-refractivity contribution >= 4 is 33.4 Å². The summed E-state index contributed by atoms with van der Waals surface area (Å²) < 4.78 is 13.7. The highest BCUT2D eigenvalue weighted by Gasteiger charge is 2.24. The van der Waals surface area contributed by atoms with Crippen LogP contribution in [0.25, 0.3) is 10.9 Å². The summed E-state index contributed by atoms with van der Waals surface area (Å²) in [5.74, 6) is 1.39. The lowest BCUT2D eigenvalue weighted by atomic mass is 10.1. The second-order valence-electron chi connectivity index (χ2n) is 6.40. The fourth-order valence-corrected chi connectivity index (χ4v) is 4.52. The van der Waals surface area contributed by atoms with Gasteiger partial charge in [-0.2, -0.15) is 0 Å². The number of urea groups is 1. The number of benzene rings is 1. The van der Waals surface area contributed by atoms with Gasteiger partial charge >= 0.3 is 6.03 Å². The molecule has 1 N–H and O–H groups in total. The van der Waals surface area contributed by atoms with Gasteiger partial charge < -0.3 is 14.8 Å². The highest BCUT2D eigenvalue weighted by Crippen LogP contribution is 2.22. The van der Waals surface area contributed by atoms with Gasteiger partial charge in [-0.25, -0.2) is 4.79 Å². The molecule has 0 aliphatic carbocycles. The molecule has 5 nitrogen and oxygen atoms in total. The lowest BCUT2D eigenvalue weighted by Crippen LogP contribution is -2.43. The fourth-order valence-electron chi connectivity index (χ4n) is 3.24. The minimum absolute atomic E-state index is 0.0966.